The topological polar surface area (TPSA) is 78.4 Å². The normalized spacial score (nSPS) is 20.7. The molecule has 0 saturated carbocycles. The Labute approximate surface area is 177 Å². The summed E-state index contributed by atoms with van der Waals surface area (Å²) in [4.78, 5) is 0. The number of nitrogens with one attached hydrogen (secondary N) is 1. The predicted octanol–water partition coefficient (Wildman–Crippen LogP) is 2.64. The minimum Gasteiger partial charge on any atom is -0.493 e. The first-order valence-electron chi connectivity index (χ1n) is 9.88. The van der Waals surface area contributed by atoms with Crippen LogP contribution in [0, 0.1) is 5.41 Å². The molecular formula is C23H31NO6. The molecular weight excluding hydrogens is 386 g/mol. The van der Waals surface area contributed by atoms with Gasteiger partial charge in [-0.2, -0.15) is 0 Å². The van der Waals surface area contributed by atoms with Crippen LogP contribution in [-0.2, 0) is 6.42 Å². The molecule has 30 heavy (non-hydrogen) atoms. The zero-order valence-corrected chi connectivity index (χ0v) is 18.3. The molecule has 7 heteroatoms. The second-order valence-electron chi connectivity index (χ2n) is 7.53. The Morgan fingerprint density at radius 2 is 1.50 bits per heavy atom. The third-order valence-electron chi connectivity index (χ3n) is 5.97. The van der Waals surface area contributed by atoms with E-state index < -0.39 is 0 Å². The number of rotatable bonds is 9. The van der Waals surface area contributed by atoms with Crippen molar-refractivity contribution in [2.75, 3.05) is 55.2 Å². The zero-order valence-electron chi connectivity index (χ0n) is 18.3. The first-order chi connectivity index (χ1) is 14.5. The summed E-state index contributed by atoms with van der Waals surface area (Å²) in [6.07, 6.45) is 0.679. The second-order valence-corrected chi connectivity index (χ2v) is 7.53. The van der Waals surface area contributed by atoms with Crippen molar-refractivity contribution in [2.24, 2.45) is 5.41 Å². The average Bonchev–Trinajstić information content (AvgIpc) is 3.21. The SMILES string of the molecule is COc1ccc(CC2(CO)CNCC2c2cc(OC)c(OC)c(OC)c2)cc1OC. The van der Waals surface area contributed by atoms with E-state index in [2.05, 4.69) is 5.32 Å². The summed E-state index contributed by atoms with van der Waals surface area (Å²) in [5, 5.41) is 14.0. The Morgan fingerprint density at radius 3 is 2.03 bits per heavy atom. The number of aliphatic hydroxyl groups excluding tert-OH is 1. The van der Waals surface area contributed by atoms with Crippen LogP contribution in [0.2, 0.25) is 0 Å². The quantitative estimate of drug-likeness (QED) is 0.649. The Hall–Kier alpha value is -2.64. The Balaban J connectivity index is 2.00. The van der Waals surface area contributed by atoms with Crippen molar-refractivity contribution in [1.29, 1.82) is 0 Å². The Bertz CT molecular complexity index is 846. The molecule has 1 aliphatic rings. The van der Waals surface area contributed by atoms with Gasteiger partial charge in [0.25, 0.3) is 0 Å². The van der Waals surface area contributed by atoms with Crippen molar-refractivity contribution >= 4 is 0 Å². The first-order valence-corrected chi connectivity index (χ1v) is 9.88. The minimum atomic E-state index is -0.385. The molecule has 0 amide bonds. The van der Waals surface area contributed by atoms with E-state index in [1.807, 2.05) is 30.3 Å². The van der Waals surface area contributed by atoms with Gasteiger partial charge < -0.3 is 34.1 Å². The molecule has 2 atom stereocenters. The van der Waals surface area contributed by atoms with Crippen molar-refractivity contribution in [3.8, 4) is 28.7 Å². The molecule has 0 radical (unpaired) electrons. The van der Waals surface area contributed by atoms with Gasteiger partial charge in [-0.05, 0) is 41.8 Å². The van der Waals surface area contributed by atoms with Gasteiger partial charge in [0.1, 0.15) is 0 Å². The van der Waals surface area contributed by atoms with Crippen molar-refractivity contribution in [3.05, 3.63) is 41.5 Å². The van der Waals surface area contributed by atoms with E-state index in [9.17, 15) is 5.11 Å². The van der Waals surface area contributed by atoms with Crippen LogP contribution in [0.25, 0.3) is 0 Å². The molecule has 3 rings (SSSR count). The smallest absolute Gasteiger partial charge is 0.203 e. The van der Waals surface area contributed by atoms with Gasteiger partial charge in [0.05, 0.1) is 42.2 Å². The van der Waals surface area contributed by atoms with Crippen molar-refractivity contribution in [1.82, 2.24) is 5.32 Å². The highest BCUT2D eigenvalue weighted by atomic mass is 16.5. The van der Waals surface area contributed by atoms with Crippen molar-refractivity contribution in [3.63, 3.8) is 0 Å². The maximum absolute atomic E-state index is 10.5. The van der Waals surface area contributed by atoms with E-state index >= 15 is 0 Å². The number of aliphatic hydroxyl groups is 1. The van der Waals surface area contributed by atoms with Crippen LogP contribution in [0.15, 0.2) is 30.3 Å². The zero-order chi connectivity index (χ0) is 21.7. The van der Waals surface area contributed by atoms with Crippen molar-refractivity contribution < 1.29 is 28.8 Å². The largest absolute Gasteiger partial charge is 0.493 e. The molecule has 164 valence electrons. The third-order valence-corrected chi connectivity index (χ3v) is 5.97. The Kier molecular flexibility index (Phi) is 6.95. The highest BCUT2D eigenvalue weighted by Crippen LogP contribution is 2.47. The van der Waals surface area contributed by atoms with Gasteiger partial charge in [-0.1, -0.05) is 6.07 Å². The number of ether oxygens (including phenoxy) is 5. The fraction of sp³-hybridized carbons (Fsp3) is 0.478. The van der Waals surface area contributed by atoms with Gasteiger partial charge in [0.15, 0.2) is 23.0 Å². The van der Waals surface area contributed by atoms with E-state index in [0.717, 1.165) is 17.7 Å². The lowest BCUT2D eigenvalue weighted by Crippen LogP contribution is -2.35. The van der Waals surface area contributed by atoms with Gasteiger partial charge >= 0.3 is 0 Å². The monoisotopic (exact) mass is 417 g/mol. The van der Waals surface area contributed by atoms with Crippen LogP contribution in [0.1, 0.15) is 17.0 Å². The molecule has 0 spiro atoms. The van der Waals surface area contributed by atoms with E-state index in [0.29, 0.717) is 41.7 Å². The van der Waals surface area contributed by atoms with Crippen LogP contribution in [0.4, 0.5) is 0 Å². The minimum absolute atomic E-state index is 0.0374. The molecule has 2 aromatic carbocycles. The number of hydrogen-bond acceptors (Lipinski definition) is 7. The van der Waals surface area contributed by atoms with Crippen molar-refractivity contribution in [2.45, 2.75) is 12.3 Å². The molecule has 1 heterocycles. The fourth-order valence-corrected chi connectivity index (χ4v) is 4.38. The molecule has 1 saturated heterocycles. The average molecular weight is 418 g/mol. The molecule has 2 N–H and O–H groups in total. The molecule has 0 aliphatic carbocycles. The highest BCUT2D eigenvalue weighted by Gasteiger charge is 2.44. The van der Waals surface area contributed by atoms with E-state index in [4.69, 9.17) is 23.7 Å². The van der Waals surface area contributed by atoms with Crippen LogP contribution in [-0.4, -0.2) is 60.4 Å². The summed E-state index contributed by atoms with van der Waals surface area (Å²) in [5.74, 6) is 3.20. The van der Waals surface area contributed by atoms with Gasteiger partial charge in [-0.25, -0.2) is 0 Å². The molecule has 1 fully saturated rings. The fourth-order valence-electron chi connectivity index (χ4n) is 4.38. The molecule has 2 aromatic rings. The molecule has 0 aromatic heterocycles. The first kappa shape index (κ1) is 22.1. The molecule has 0 bridgehead atoms. The van der Waals surface area contributed by atoms with Gasteiger partial charge in [0.2, 0.25) is 5.75 Å². The molecule has 1 aliphatic heterocycles. The summed E-state index contributed by atoms with van der Waals surface area (Å²) < 4.78 is 27.3. The van der Waals surface area contributed by atoms with Gasteiger partial charge in [0, 0.05) is 24.4 Å². The van der Waals surface area contributed by atoms with E-state index in [-0.39, 0.29) is 17.9 Å². The lowest BCUT2D eigenvalue weighted by molar-refractivity contribution is 0.126. The summed E-state index contributed by atoms with van der Waals surface area (Å²) in [7, 11) is 8.05. The van der Waals surface area contributed by atoms with Crippen LogP contribution >= 0.6 is 0 Å². The maximum Gasteiger partial charge on any atom is 0.203 e. The highest BCUT2D eigenvalue weighted by molar-refractivity contribution is 5.55. The second kappa shape index (κ2) is 9.45. The lowest BCUT2D eigenvalue weighted by Gasteiger charge is -2.34. The summed E-state index contributed by atoms with van der Waals surface area (Å²) in [6.45, 7) is 1.47. The van der Waals surface area contributed by atoms with Crippen LogP contribution < -0.4 is 29.0 Å². The lowest BCUT2D eigenvalue weighted by atomic mass is 9.71. The summed E-state index contributed by atoms with van der Waals surface area (Å²) >= 11 is 0. The third kappa shape index (κ3) is 4.00. The standard InChI is InChI=1S/C23H31NO6/c1-26-18-7-6-15(8-19(18)27-2)11-23(14-25)13-24-12-17(23)16-9-20(28-3)22(30-5)21(10-16)29-4/h6-10,17,24-25H,11-14H2,1-5H3. The molecule has 7 nitrogen and oxygen atoms in total. The van der Waals surface area contributed by atoms with E-state index in [1.165, 1.54) is 0 Å². The summed E-state index contributed by atoms with van der Waals surface area (Å²) in [6, 6.07) is 9.83. The van der Waals surface area contributed by atoms with Crippen LogP contribution in [0.3, 0.4) is 0 Å². The maximum atomic E-state index is 10.5. The predicted molar refractivity (Wildman–Crippen MR) is 114 cm³/mol. The number of hydrogen-bond donors (Lipinski definition) is 2. The van der Waals surface area contributed by atoms with Gasteiger partial charge in [-0.15, -0.1) is 0 Å². The summed E-state index contributed by atoms with van der Waals surface area (Å²) in [5.41, 5.74) is 1.72. The van der Waals surface area contributed by atoms with Crippen LogP contribution in [0.5, 0.6) is 28.7 Å². The molecule has 2 unspecified atom stereocenters. The number of methoxy groups -OCH3 is 5. The number of benzene rings is 2. The Morgan fingerprint density at radius 1 is 0.867 bits per heavy atom. The van der Waals surface area contributed by atoms with Gasteiger partial charge in [-0.3, -0.25) is 0 Å². The van der Waals surface area contributed by atoms with E-state index in [1.54, 1.807) is 35.5 Å².